The van der Waals surface area contributed by atoms with E-state index in [1.54, 1.807) is 4.90 Å². The maximum atomic E-state index is 12.5. The molecule has 22 heavy (non-hydrogen) atoms. The summed E-state index contributed by atoms with van der Waals surface area (Å²) >= 11 is 0. The fourth-order valence-electron chi connectivity index (χ4n) is 2.89. The lowest BCUT2D eigenvalue weighted by Crippen LogP contribution is -2.43. The average molecular weight is 324 g/mol. The molecule has 1 aromatic carbocycles. The number of carbonyl (C=O) groups excluding carboxylic acids is 1. The third kappa shape index (κ3) is 3.80. The molecule has 0 spiro atoms. The van der Waals surface area contributed by atoms with Gasteiger partial charge in [-0.05, 0) is 30.9 Å². The number of nitrogens with one attached hydrogen (secondary N) is 1. The Morgan fingerprint density at radius 1 is 1.36 bits per heavy atom. The lowest BCUT2D eigenvalue weighted by Gasteiger charge is -2.27. The summed E-state index contributed by atoms with van der Waals surface area (Å²) < 4.78 is 23.3. The average Bonchev–Trinajstić information content (AvgIpc) is 2.80. The van der Waals surface area contributed by atoms with Crippen molar-refractivity contribution in [3.63, 3.8) is 0 Å². The van der Waals surface area contributed by atoms with Crippen molar-refractivity contribution in [1.29, 1.82) is 0 Å². The minimum atomic E-state index is -3.00. The Bertz CT molecular complexity index is 641. The molecule has 1 aliphatic rings. The summed E-state index contributed by atoms with van der Waals surface area (Å²) in [5, 5.41) is 2.94. The number of anilines is 1. The van der Waals surface area contributed by atoms with Crippen LogP contribution >= 0.6 is 0 Å². The van der Waals surface area contributed by atoms with E-state index in [1.165, 1.54) is 0 Å². The van der Waals surface area contributed by atoms with Gasteiger partial charge in [0.1, 0.15) is 0 Å². The smallest absolute Gasteiger partial charge is 0.321 e. The van der Waals surface area contributed by atoms with E-state index in [1.807, 2.05) is 31.2 Å². The maximum Gasteiger partial charge on any atom is 0.322 e. The molecule has 6 heteroatoms. The minimum absolute atomic E-state index is 0.0695. The Hall–Kier alpha value is -1.56. The molecule has 0 bridgehead atoms. The monoisotopic (exact) mass is 324 g/mol. The fourth-order valence-corrected chi connectivity index (χ4v) is 4.62. The Kier molecular flexibility index (Phi) is 5.11. The maximum absolute atomic E-state index is 12.5. The summed E-state index contributed by atoms with van der Waals surface area (Å²) in [4.78, 5) is 14.2. The molecule has 0 radical (unpaired) electrons. The van der Waals surface area contributed by atoms with Crippen LogP contribution in [0, 0.1) is 0 Å². The summed E-state index contributed by atoms with van der Waals surface area (Å²) in [7, 11) is -3.00. The molecular formula is C16H24N2O3S. The summed E-state index contributed by atoms with van der Waals surface area (Å²) in [5.74, 6) is 0.544. The number of para-hydroxylation sites is 1. The molecule has 0 aliphatic carbocycles. The number of hydrogen-bond acceptors (Lipinski definition) is 3. The van der Waals surface area contributed by atoms with Crippen molar-refractivity contribution in [1.82, 2.24) is 4.90 Å². The van der Waals surface area contributed by atoms with E-state index in [9.17, 15) is 13.2 Å². The van der Waals surface area contributed by atoms with E-state index in [-0.39, 0.29) is 23.6 Å². The Morgan fingerprint density at radius 2 is 2.05 bits per heavy atom. The number of sulfone groups is 1. The van der Waals surface area contributed by atoms with Gasteiger partial charge in [0.05, 0.1) is 11.5 Å². The normalized spacial score (nSPS) is 20.1. The molecule has 1 fully saturated rings. The topological polar surface area (TPSA) is 66.5 Å². The summed E-state index contributed by atoms with van der Waals surface area (Å²) in [5.41, 5.74) is 1.87. The molecule has 1 aromatic rings. The lowest BCUT2D eigenvalue weighted by molar-refractivity contribution is 0.197. The second kappa shape index (κ2) is 6.69. The Labute approximate surface area is 132 Å². The van der Waals surface area contributed by atoms with Gasteiger partial charge in [0.25, 0.3) is 0 Å². The zero-order chi connectivity index (χ0) is 16.3. The van der Waals surface area contributed by atoms with Gasteiger partial charge >= 0.3 is 6.03 Å². The molecule has 1 saturated heterocycles. The number of rotatable bonds is 4. The third-order valence-electron chi connectivity index (χ3n) is 4.08. The van der Waals surface area contributed by atoms with E-state index in [0.717, 1.165) is 11.3 Å². The van der Waals surface area contributed by atoms with Gasteiger partial charge in [-0.3, -0.25) is 0 Å². The van der Waals surface area contributed by atoms with Crippen LogP contribution in [0.4, 0.5) is 10.5 Å². The fraction of sp³-hybridized carbons (Fsp3) is 0.562. The summed E-state index contributed by atoms with van der Waals surface area (Å²) in [6, 6.07) is 7.27. The van der Waals surface area contributed by atoms with Crippen LogP contribution in [0.3, 0.4) is 0 Å². The number of amides is 2. The highest BCUT2D eigenvalue weighted by atomic mass is 32.2. The first-order valence-electron chi connectivity index (χ1n) is 7.71. The molecule has 2 rings (SSSR count). The zero-order valence-corrected chi connectivity index (χ0v) is 14.2. The molecular weight excluding hydrogens is 300 g/mol. The first kappa shape index (κ1) is 16.8. The molecule has 1 unspecified atom stereocenters. The van der Waals surface area contributed by atoms with E-state index in [4.69, 9.17) is 0 Å². The SMILES string of the molecule is CCN(C(=O)Nc1ccccc1C(C)C)C1CCS(=O)(=O)C1. The first-order chi connectivity index (χ1) is 10.3. The van der Waals surface area contributed by atoms with Crippen molar-refractivity contribution >= 4 is 21.6 Å². The largest absolute Gasteiger partial charge is 0.322 e. The highest BCUT2D eigenvalue weighted by Gasteiger charge is 2.34. The number of hydrogen-bond donors (Lipinski definition) is 1. The minimum Gasteiger partial charge on any atom is -0.321 e. The number of benzene rings is 1. The van der Waals surface area contributed by atoms with E-state index < -0.39 is 9.84 Å². The van der Waals surface area contributed by atoms with Gasteiger partial charge in [0.2, 0.25) is 0 Å². The van der Waals surface area contributed by atoms with Gasteiger partial charge in [0, 0.05) is 18.3 Å². The molecule has 0 aromatic heterocycles. The lowest BCUT2D eigenvalue weighted by atomic mass is 10.0. The van der Waals surface area contributed by atoms with Crippen molar-refractivity contribution in [3.05, 3.63) is 29.8 Å². The predicted molar refractivity (Wildman–Crippen MR) is 89.0 cm³/mol. The van der Waals surface area contributed by atoms with E-state index in [2.05, 4.69) is 19.2 Å². The van der Waals surface area contributed by atoms with Crippen LogP contribution in [0.1, 0.15) is 38.7 Å². The standard InChI is InChI=1S/C16H24N2O3S/c1-4-18(13-9-10-22(20,21)11-13)16(19)17-15-8-6-5-7-14(15)12(2)3/h5-8,12-13H,4,9-11H2,1-3H3,(H,17,19). The Morgan fingerprint density at radius 3 is 2.59 bits per heavy atom. The van der Waals surface area contributed by atoms with Gasteiger partial charge in [-0.15, -0.1) is 0 Å². The van der Waals surface area contributed by atoms with Crippen molar-refractivity contribution < 1.29 is 13.2 Å². The van der Waals surface area contributed by atoms with Gasteiger partial charge in [0.15, 0.2) is 9.84 Å². The summed E-state index contributed by atoms with van der Waals surface area (Å²) in [6.45, 7) is 6.52. The van der Waals surface area contributed by atoms with Gasteiger partial charge in [-0.1, -0.05) is 32.0 Å². The molecule has 5 nitrogen and oxygen atoms in total. The quantitative estimate of drug-likeness (QED) is 0.926. The highest BCUT2D eigenvalue weighted by molar-refractivity contribution is 7.91. The van der Waals surface area contributed by atoms with E-state index in [0.29, 0.717) is 18.9 Å². The number of nitrogens with zero attached hydrogens (tertiary/aromatic N) is 1. The molecule has 2 amide bonds. The number of carbonyl (C=O) groups is 1. The van der Waals surface area contributed by atoms with Crippen LogP contribution in [-0.2, 0) is 9.84 Å². The van der Waals surface area contributed by atoms with Crippen LogP contribution in [0.5, 0.6) is 0 Å². The Balaban J connectivity index is 2.14. The van der Waals surface area contributed by atoms with Crippen molar-refractivity contribution in [3.8, 4) is 0 Å². The molecule has 1 aliphatic heterocycles. The van der Waals surface area contributed by atoms with Gasteiger partial charge < -0.3 is 10.2 Å². The van der Waals surface area contributed by atoms with E-state index >= 15 is 0 Å². The van der Waals surface area contributed by atoms with Crippen LogP contribution in [0.15, 0.2) is 24.3 Å². The first-order valence-corrected chi connectivity index (χ1v) is 9.53. The van der Waals surface area contributed by atoms with Crippen LogP contribution in [-0.4, -0.2) is 43.4 Å². The van der Waals surface area contributed by atoms with Crippen molar-refractivity contribution in [2.45, 2.75) is 39.2 Å². The molecule has 0 saturated carbocycles. The third-order valence-corrected chi connectivity index (χ3v) is 5.83. The predicted octanol–water partition coefficient (Wildman–Crippen LogP) is 2.85. The molecule has 1 heterocycles. The van der Waals surface area contributed by atoms with Gasteiger partial charge in [-0.2, -0.15) is 0 Å². The summed E-state index contributed by atoms with van der Waals surface area (Å²) in [6.07, 6.45) is 0.523. The molecule has 1 N–H and O–H groups in total. The van der Waals surface area contributed by atoms with Crippen LogP contribution < -0.4 is 5.32 Å². The highest BCUT2D eigenvalue weighted by Crippen LogP contribution is 2.25. The molecule has 1 atom stereocenters. The van der Waals surface area contributed by atoms with Crippen molar-refractivity contribution in [2.24, 2.45) is 0 Å². The molecule has 122 valence electrons. The second-order valence-corrected chi connectivity index (χ2v) is 8.24. The van der Waals surface area contributed by atoms with Crippen LogP contribution in [0.2, 0.25) is 0 Å². The number of urea groups is 1. The second-order valence-electron chi connectivity index (χ2n) is 6.01. The van der Waals surface area contributed by atoms with Gasteiger partial charge in [-0.25, -0.2) is 13.2 Å². The van der Waals surface area contributed by atoms with Crippen molar-refractivity contribution in [2.75, 3.05) is 23.4 Å². The van der Waals surface area contributed by atoms with Crippen LogP contribution in [0.25, 0.3) is 0 Å². The zero-order valence-electron chi connectivity index (χ0n) is 13.4.